The molecule has 1 N–H and O–H groups in total. The van der Waals surface area contributed by atoms with E-state index < -0.39 is 47.8 Å². The van der Waals surface area contributed by atoms with Crippen molar-refractivity contribution in [2.75, 3.05) is 27.4 Å². The van der Waals surface area contributed by atoms with Gasteiger partial charge in [-0.25, -0.2) is 9.48 Å². The molecule has 32 heavy (non-hydrogen) atoms. The molecule has 0 amide bonds. The smallest absolute Gasteiger partial charge is 0.425 e. The van der Waals surface area contributed by atoms with Gasteiger partial charge in [0.15, 0.2) is 17.4 Å². The molecule has 0 fully saturated rings. The van der Waals surface area contributed by atoms with Crippen LogP contribution in [0.4, 0.5) is 13.2 Å². The zero-order valence-corrected chi connectivity index (χ0v) is 17.6. The maximum Gasteiger partial charge on any atom is 0.425 e. The zero-order chi connectivity index (χ0) is 23.9. The second-order valence-corrected chi connectivity index (χ2v) is 6.70. The molecular weight excluding hydrogens is 437 g/mol. The average molecular weight is 460 g/mol. The van der Waals surface area contributed by atoms with Crippen LogP contribution in [-0.2, 0) is 27.0 Å². The maximum atomic E-state index is 13.6. The van der Waals surface area contributed by atoms with E-state index in [9.17, 15) is 27.9 Å². The number of hydrogen-bond acceptors (Lipinski definition) is 8. The minimum Gasteiger partial charge on any atom is -0.497 e. The first-order valence-electron chi connectivity index (χ1n) is 9.37. The number of halogens is 3. The number of aliphatic hydroxyl groups excluding tert-OH is 1. The summed E-state index contributed by atoms with van der Waals surface area (Å²) in [4.78, 5) is 23.6. The van der Waals surface area contributed by atoms with Crippen LogP contribution in [-0.4, -0.2) is 60.5 Å². The van der Waals surface area contributed by atoms with Gasteiger partial charge in [-0.05, 0) is 24.6 Å². The summed E-state index contributed by atoms with van der Waals surface area (Å²) < 4.78 is 61.1. The van der Waals surface area contributed by atoms with Crippen LogP contribution < -0.4 is 15.0 Å². The molecule has 0 bridgehead atoms. The number of carbonyl (C=O) groups excluding carboxylic acids is 1. The number of nitrogens with zero attached hydrogens (tertiary/aromatic N) is 2. The van der Waals surface area contributed by atoms with Crippen molar-refractivity contribution in [2.24, 2.45) is 0 Å². The van der Waals surface area contributed by atoms with Crippen LogP contribution in [0, 0.1) is 0 Å². The van der Waals surface area contributed by atoms with Gasteiger partial charge in [0.1, 0.15) is 11.9 Å². The van der Waals surface area contributed by atoms with Crippen molar-refractivity contribution in [1.82, 2.24) is 9.78 Å². The van der Waals surface area contributed by atoms with Crippen molar-refractivity contribution >= 4 is 5.97 Å². The molecule has 0 unspecified atom stereocenters. The van der Waals surface area contributed by atoms with E-state index in [4.69, 9.17) is 14.2 Å². The summed E-state index contributed by atoms with van der Waals surface area (Å²) in [6, 6.07) is 6.43. The number of hydrogen-bond donors (Lipinski definition) is 1. The molecule has 176 valence electrons. The quantitative estimate of drug-likeness (QED) is 0.533. The number of aromatic nitrogens is 2. The van der Waals surface area contributed by atoms with Crippen LogP contribution in [0.25, 0.3) is 0 Å². The fourth-order valence-electron chi connectivity index (χ4n) is 2.64. The number of rotatable bonds is 10. The first-order chi connectivity index (χ1) is 15.1. The number of esters is 1. The lowest BCUT2D eigenvalue weighted by Gasteiger charge is -2.19. The van der Waals surface area contributed by atoms with E-state index in [0.717, 1.165) is 13.3 Å². The van der Waals surface area contributed by atoms with E-state index in [-0.39, 0.29) is 13.2 Å². The summed E-state index contributed by atoms with van der Waals surface area (Å²) in [6.07, 6.45) is -6.66. The van der Waals surface area contributed by atoms with Crippen molar-refractivity contribution in [3.8, 4) is 11.5 Å². The number of alkyl halides is 3. The van der Waals surface area contributed by atoms with Crippen molar-refractivity contribution in [2.45, 2.75) is 31.9 Å². The fourth-order valence-corrected chi connectivity index (χ4v) is 2.64. The van der Waals surface area contributed by atoms with Crippen LogP contribution in [0.3, 0.4) is 0 Å². The molecule has 2 rings (SSSR count). The summed E-state index contributed by atoms with van der Waals surface area (Å²) >= 11 is 0. The van der Waals surface area contributed by atoms with Gasteiger partial charge < -0.3 is 24.1 Å². The highest BCUT2D eigenvalue weighted by Gasteiger charge is 2.39. The molecule has 0 aliphatic heterocycles. The minimum atomic E-state index is -4.99. The molecule has 1 aromatic carbocycles. The number of carbonyl (C=O) groups is 1. The third kappa shape index (κ3) is 6.69. The highest BCUT2D eigenvalue weighted by molar-refractivity contribution is 5.74. The Bertz CT molecular complexity index is 961. The molecule has 1 heterocycles. The molecule has 0 saturated heterocycles. The molecule has 0 aliphatic carbocycles. The number of ether oxygens (including phenoxy) is 4. The molecule has 2 aromatic rings. The van der Waals surface area contributed by atoms with Gasteiger partial charge in [0.2, 0.25) is 0 Å². The molecular formula is C20H23F3N2O7. The van der Waals surface area contributed by atoms with Gasteiger partial charge in [-0.1, -0.05) is 12.1 Å². The summed E-state index contributed by atoms with van der Waals surface area (Å²) in [5.41, 5.74) is -2.31. The lowest BCUT2D eigenvalue weighted by atomic mass is 10.2. The Morgan fingerprint density at radius 2 is 1.84 bits per heavy atom. The van der Waals surface area contributed by atoms with Gasteiger partial charge >= 0.3 is 12.1 Å². The predicted molar refractivity (Wildman–Crippen MR) is 105 cm³/mol. The van der Waals surface area contributed by atoms with E-state index in [1.807, 2.05) is 0 Å². The first-order valence-corrected chi connectivity index (χ1v) is 9.37. The molecule has 0 radical (unpaired) electrons. The van der Waals surface area contributed by atoms with E-state index in [2.05, 4.69) is 9.84 Å². The van der Waals surface area contributed by atoms with E-state index in [0.29, 0.717) is 16.0 Å². The second kappa shape index (κ2) is 11.0. The Morgan fingerprint density at radius 3 is 2.41 bits per heavy atom. The highest BCUT2D eigenvalue weighted by atomic mass is 19.4. The average Bonchev–Trinajstić information content (AvgIpc) is 2.74. The van der Waals surface area contributed by atoms with Crippen LogP contribution in [0.1, 0.15) is 18.1 Å². The third-order valence-corrected chi connectivity index (χ3v) is 4.21. The summed E-state index contributed by atoms with van der Waals surface area (Å²) in [5.74, 6) is -1.11. The summed E-state index contributed by atoms with van der Waals surface area (Å²) in [6.45, 7) is 0.512. The topological polar surface area (TPSA) is 109 Å². The SMILES string of the molecule is COC(=O)[C@H](O)COC[C@H](C)Oc1cnn(Cc2ccc(OC)cc2)c(=O)c1C(F)(F)F. The number of methoxy groups -OCH3 is 2. The molecule has 0 aliphatic rings. The molecule has 1 aromatic heterocycles. The normalized spacial score (nSPS) is 13.3. The monoisotopic (exact) mass is 460 g/mol. The predicted octanol–water partition coefficient (Wildman–Crippen LogP) is 1.64. The van der Waals surface area contributed by atoms with E-state index >= 15 is 0 Å². The van der Waals surface area contributed by atoms with Crippen molar-refractivity contribution in [1.29, 1.82) is 0 Å². The van der Waals surface area contributed by atoms with Crippen LogP contribution >= 0.6 is 0 Å². The molecule has 0 saturated carbocycles. The van der Waals surface area contributed by atoms with E-state index in [1.54, 1.807) is 24.3 Å². The van der Waals surface area contributed by atoms with Gasteiger partial charge in [-0.2, -0.15) is 18.3 Å². The molecule has 12 heteroatoms. The van der Waals surface area contributed by atoms with Crippen molar-refractivity contribution < 1.29 is 42.0 Å². The lowest BCUT2D eigenvalue weighted by Crippen LogP contribution is -2.33. The van der Waals surface area contributed by atoms with E-state index in [1.165, 1.54) is 14.0 Å². The third-order valence-electron chi connectivity index (χ3n) is 4.21. The van der Waals surface area contributed by atoms with Crippen LogP contribution in [0.5, 0.6) is 11.5 Å². The largest absolute Gasteiger partial charge is 0.497 e. The Morgan fingerprint density at radius 1 is 1.19 bits per heavy atom. The van der Waals surface area contributed by atoms with Gasteiger partial charge in [0, 0.05) is 0 Å². The van der Waals surface area contributed by atoms with Crippen molar-refractivity contribution in [3.05, 3.63) is 51.9 Å². The summed E-state index contributed by atoms with van der Waals surface area (Å²) in [5, 5.41) is 13.2. The van der Waals surface area contributed by atoms with Crippen LogP contribution in [0.2, 0.25) is 0 Å². The summed E-state index contributed by atoms with van der Waals surface area (Å²) in [7, 11) is 2.56. The van der Waals surface area contributed by atoms with Gasteiger partial charge in [0.05, 0.1) is 40.2 Å². The first kappa shape index (κ1) is 25.1. The Hall–Kier alpha value is -3.12. The number of aliphatic hydroxyl groups is 1. The second-order valence-electron chi connectivity index (χ2n) is 6.70. The molecule has 2 atom stereocenters. The Balaban J connectivity index is 2.16. The standard InChI is InChI=1S/C20H23F3N2O7/c1-12(10-31-11-15(26)19(28)30-3)32-16-8-24-25(18(27)17(16)20(21,22)23)9-13-4-6-14(29-2)7-5-13/h4-8,12,15,26H,9-11H2,1-3H3/t12-,15+/m0/s1. The minimum absolute atomic E-state index is 0.184. The zero-order valence-electron chi connectivity index (χ0n) is 17.6. The molecule has 0 spiro atoms. The molecule has 9 nitrogen and oxygen atoms in total. The number of benzene rings is 1. The van der Waals surface area contributed by atoms with Gasteiger partial charge in [-0.3, -0.25) is 4.79 Å². The van der Waals surface area contributed by atoms with Gasteiger partial charge in [0.25, 0.3) is 5.56 Å². The highest BCUT2D eigenvalue weighted by Crippen LogP contribution is 2.33. The lowest BCUT2D eigenvalue weighted by molar-refractivity contribution is -0.154. The van der Waals surface area contributed by atoms with Gasteiger partial charge in [-0.15, -0.1) is 0 Å². The maximum absolute atomic E-state index is 13.6. The van der Waals surface area contributed by atoms with Crippen LogP contribution in [0.15, 0.2) is 35.3 Å². The fraction of sp³-hybridized carbons (Fsp3) is 0.450. The Labute approximate surface area is 181 Å². The Kier molecular flexibility index (Phi) is 8.61. The van der Waals surface area contributed by atoms with Crippen molar-refractivity contribution in [3.63, 3.8) is 0 Å².